The van der Waals surface area contributed by atoms with Crippen molar-refractivity contribution in [2.75, 3.05) is 12.4 Å². The number of benzene rings is 1. The molecule has 2 aliphatic heterocycles. The zero-order chi connectivity index (χ0) is 15.0. The van der Waals surface area contributed by atoms with Gasteiger partial charge < -0.3 is 15.2 Å². The van der Waals surface area contributed by atoms with E-state index in [1.54, 1.807) is 13.2 Å². The van der Waals surface area contributed by atoms with Crippen molar-refractivity contribution in [1.29, 1.82) is 0 Å². The number of anilines is 1. The SMILES string of the molecule is COc1ccc2c(c1)C=C(CC1SC(=O)NC1=O)C(O)N2. The fraction of sp³-hybridized carbons (Fsp3) is 0.286. The molecule has 0 spiro atoms. The van der Waals surface area contributed by atoms with E-state index in [-0.39, 0.29) is 11.1 Å². The second-order valence-electron chi connectivity index (χ2n) is 4.81. The molecule has 2 aliphatic rings. The molecule has 1 aromatic carbocycles. The molecule has 2 amide bonds. The molecule has 0 aliphatic carbocycles. The first-order chi connectivity index (χ1) is 10.1. The van der Waals surface area contributed by atoms with Crippen LogP contribution in [0.5, 0.6) is 5.75 Å². The third kappa shape index (κ3) is 2.74. The van der Waals surface area contributed by atoms with Gasteiger partial charge in [0.25, 0.3) is 5.24 Å². The van der Waals surface area contributed by atoms with Crippen molar-refractivity contribution in [2.45, 2.75) is 17.9 Å². The Morgan fingerprint density at radius 3 is 2.86 bits per heavy atom. The summed E-state index contributed by atoms with van der Waals surface area (Å²) in [6, 6.07) is 5.47. The van der Waals surface area contributed by atoms with Crippen molar-refractivity contribution in [3.05, 3.63) is 29.3 Å². The van der Waals surface area contributed by atoms with Gasteiger partial charge in [-0.1, -0.05) is 11.8 Å². The lowest BCUT2D eigenvalue weighted by molar-refractivity contribution is -0.118. The number of aliphatic hydroxyl groups is 1. The lowest BCUT2D eigenvalue weighted by Crippen LogP contribution is -2.29. The number of methoxy groups -OCH3 is 1. The molecule has 0 saturated carbocycles. The number of imide groups is 1. The number of aliphatic hydroxyl groups excluding tert-OH is 1. The van der Waals surface area contributed by atoms with Crippen LogP contribution in [0.25, 0.3) is 6.08 Å². The molecule has 3 N–H and O–H groups in total. The predicted octanol–water partition coefficient (Wildman–Crippen LogP) is 1.56. The highest BCUT2D eigenvalue weighted by molar-refractivity contribution is 8.15. The van der Waals surface area contributed by atoms with Gasteiger partial charge in [0.1, 0.15) is 12.0 Å². The largest absolute Gasteiger partial charge is 0.497 e. The third-order valence-corrected chi connectivity index (χ3v) is 4.41. The molecule has 2 atom stereocenters. The summed E-state index contributed by atoms with van der Waals surface area (Å²) >= 11 is 0.954. The molecule has 6 nitrogen and oxygen atoms in total. The molecular weight excluding hydrogens is 292 g/mol. The highest BCUT2D eigenvalue weighted by Crippen LogP contribution is 2.34. The molecular formula is C14H14N2O4S. The Morgan fingerprint density at radius 2 is 2.19 bits per heavy atom. The zero-order valence-electron chi connectivity index (χ0n) is 11.3. The third-order valence-electron chi connectivity index (χ3n) is 3.43. The van der Waals surface area contributed by atoms with Gasteiger partial charge in [0.15, 0.2) is 0 Å². The zero-order valence-corrected chi connectivity index (χ0v) is 12.1. The average Bonchev–Trinajstić information content (AvgIpc) is 2.77. The molecule has 0 aromatic heterocycles. The average molecular weight is 306 g/mol. The van der Waals surface area contributed by atoms with E-state index < -0.39 is 11.5 Å². The summed E-state index contributed by atoms with van der Waals surface area (Å²) in [5.41, 5.74) is 2.34. The normalized spacial score (nSPS) is 24.0. The summed E-state index contributed by atoms with van der Waals surface area (Å²) in [7, 11) is 1.59. The van der Waals surface area contributed by atoms with Crippen LogP contribution >= 0.6 is 11.8 Å². The Morgan fingerprint density at radius 1 is 1.38 bits per heavy atom. The Balaban J connectivity index is 1.85. The lowest BCUT2D eigenvalue weighted by Gasteiger charge is -2.25. The number of nitrogens with one attached hydrogen (secondary N) is 2. The second-order valence-corrected chi connectivity index (χ2v) is 5.98. The number of hydrogen-bond acceptors (Lipinski definition) is 6. The van der Waals surface area contributed by atoms with Gasteiger partial charge in [-0.3, -0.25) is 14.9 Å². The molecule has 3 rings (SSSR count). The Bertz CT molecular complexity index is 644. The second kappa shape index (κ2) is 5.42. The van der Waals surface area contributed by atoms with E-state index in [1.165, 1.54) is 0 Å². The maximum Gasteiger partial charge on any atom is 0.286 e. The van der Waals surface area contributed by atoms with Gasteiger partial charge in [0.2, 0.25) is 5.91 Å². The first kappa shape index (κ1) is 14.0. The maximum absolute atomic E-state index is 11.6. The summed E-state index contributed by atoms with van der Waals surface area (Å²) in [4.78, 5) is 22.8. The van der Waals surface area contributed by atoms with Gasteiger partial charge >= 0.3 is 0 Å². The molecule has 0 bridgehead atoms. The van der Waals surface area contributed by atoms with E-state index in [2.05, 4.69) is 10.6 Å². The van der Waals surface area contributed by atoms with Crippen LogP contribution in [-0.2, 0) is 4.79 Å². The van der Waals surface area contributed by atoms with Crippen molar-refractivity contribution < 1.29 is 19.4 Å². The monoisotopic (exact) mass is 306 g/mol. The first-order valence-electron chi connectivity index (χ1n) is 6.41. The van der Waals surface area contributed by atoms with Gasteiger partial charge in [-0.2, -0.15) is 0 Å². The van der Waals surface area contributed by atoms with Crippen LogP contribution in [0.4, 0.5) is 10.5 Å². The summed E-state index contributed by atoms with van der Waals surface area (Å²) in [5, 5.41) is 14.5. The molecule has 7 heteroatoms. The Labute approximate surface area is 125 Å². The lowest BCUT2D eigenvalue weighted by atomic mass is 9.99. The van der Waals surface area contributed by atoms with Crippen molar-refractivity contribution in [1.82, 2.24) is 5.32 Å². The Kier molecular flexibility index (Phi) is 3.60. The number of amides is 2. The molecule has 2 heterocycles. The number of carbonyl (C=O) groups excluding carboxylic acids is 2. The van der Waals surface area contributed by atoms with E-state index in [0.29, 0.717) is 17.7 Å². The van der Waals surface area contributed by atoms with Crippen LogP contribution in [0.2, 0.25) is 0 Å². The van der Waals surface area contributed by atoms with E-state index in [4.69, 9.17) is 4.74 Å². The number of rotatable bonds is 3. The first-order valence-corrected chi connectivity index (χ1v) is 7.29. The minimum atomic E-state index is -0.866. The molecule has 110 valence electrons. The molecule has 1 fully saturated rings. The summed E-state index contributed by atoms with van der Waals surface area (Å²) in [6.45, 7) is 0. The molecule has 0 radical (unpaired) electrons. The maximum atomic E-state index is 11.6. The van der Waals surface area contributed by atoms with Gasteiger partial charge in [0, 0.05) is 11.3 Å². The van der Waals surface area contributed by atoms with Crippen LogP contribution in [0.15, 0.2) is 23.8 Å². The van der Waals surface area contributed by atoms with Crippen molar-refractivity contribution in [3.63, 3.8) is 0 Å². The molecule has 2 unspecified atom stereocenters. The van der Waals surface area contributed by atoms with Crippen molar-refractivity contribution in [3.8, 4) is 5.75 Å². The van der Waals surface area contributed by atoms with Crippen LogP contribution in [-0.4, -0.2) is 34.8 Å². The van der Waals surface area contributed by atoms with Gasteiger partial charge in [-0.15, -0.1) is 0 Å². The fourth-order valence-corrected chi connectivity index (χ4v) is 3.21. The van der Waals surface area contributed by atoms with E-state index in [0.717, 1.165) is 23.0 Å². The van der Waals surface area contributed by atoms with Crippen LogP contribution in [0, 0.1) is 0 Å². The number of ether oxygens (including phenoxy) is 1. The minimum absolute atomic E-state index is 0.311. The van der Waals surface area contributed by atoms with E-state index in [1.807, 2.05) is 18.2 Å². The van der Waals surface area contributed by atoms with Crippen LogP contribution < -0.4 is 15.4 Å². The van der Waals surface area contributed by atoms with Crippen molar-refractivity contribution >= 4 is 34.7 Å². The standard InChI is InChI=1S/C14H14N2O4S/c1-20-9-2-3-10-7(5-9)4-8(12(17)15-10)6-11-13(18)16-14(19)21-11/h2-5,11-12,15,17H,6H2,1H3,(H,16,18,19). The van der Waals surface area contributed by atoms with Crippen LogP contribution in [0.3, 0.4) is 0 Å². The van der Waals surface area contributed by atoms with Gasteiger partial charge in [-0.05, 0) is 36.3 Å². The number of thioether (sulfide) groups is 1. The van der Waals surface area contributed by atoms with E-state index >= 15 is 0 Å². The molecule has 1 aromatic rings. The number of fused-ring (bicyclic) bond motifs is 1. The van der Waals surface area contributed by atoms with Crippen molar-refractivity contribution in [2.24, 2.45) is 0 Å². The minimum Gasteiger partial charge on any atom is -0.497 e. The highest BCUT2D eigenvalue weighted by atomic mass is 32.2. The van der Waals surface area contributed by atoms with E-state index in [9.17, 15) is 14.7 Å². The van der Waals surface area contributed by atoms with Gasteiger partial charge in [-0.25, -0.2) is 0 Å². The topological polar surface area (TPSA) is 87.7 Å². The smallest absolute Gasteiger partial charge is 0.286 e. The molecule has 1 saturated heterocycles. The van der Waals surface area contributed by atoms with Crippen LogP contribution in [0.1, 0.15) is 12.0 Å². The predicted molar refractivity (Wildman–Crippen MR) is 80.1 cm³/mol. The fourth-order valence-electron chi connectivity index (χ4n) is 2.35. The Hall–Kier alpha value is -1.99. The summed E-state index contributed by atoms with van der Waals surface area (Å²) in [6.07, 6.45) is 1.28. The quantitative estimate of drug-likeness (QED) is 0.785. The number of carbonyl (C=O) groups is 2. The summed E-state index contributed by atoms with van der Waals surface area (Å²) in [5.74, 6) is 0.403. The highest BCUT2D eigenvalue weighted by Gasteiger charge is 2.34. The molecule has 21 heavy (non-hydrogen) atoms. The summed E-state index contributed by atoms with van der Waals surface area (Å²) < 4.78 is 5.17. The van der Waals surface area contributed by atoms with Gasteiger partial charge in [0.05, 0.1) is 12.4 Å². The number of hydrogen-bond donors (Lipinski definition) is 3.